The predicted molar refractivity (Wildman–Crippen MR) is 86.1 cm³/mol. The van der Waals surface area contributed by atoms with Crippen LogP contribution in [-0.4, -0.2) is 10.9 Å². The van der Waals surface area contributed by atoms with Crippen LogP contribution in [0.25, 0.3) is 11.1 Å². The number of para-hydroxylation sites is 1. The second-order valence-electron chi connectivity index (χ2n) is 5.36. The Morgan fingerprint density at radius 3 is 2.73 bits per heavy atom. The number of benzene rings is 2. The molecule has 0 aliphatic heterocycles. The highest BCUT2D eigenvalue weighted by molar-refractivity contribution is 5.82. The highest BCUT2D eigenvalue weighted by Gasteiger charge is 2.11. The van der Waals surface area contributed by atoms with Crippen molar-refractivity contribution < 1.29 is 9.21 Å². The molecule has 0 aliphatic rings. The van der Waals surface area contributed by atoms with Crippen molar-refractivity contribution in [1.29, 1.82) is 0 Å². The number of oxazole rings is 1. The Kier molecular flexibility index (Phi) is 3.55. The summed E-state index contributed by atoms with van der Waals surface area (Å²) in [6.07, 6.45) is 0.192. The number of hydrogen-bond acceptors (Lipinski definition) is 4. The zero-order chi connectivity index (χ0) is 15.7. The standard InChI is InChI=1S/C17H17N3O2/c1-10-5-3-4-6-13(10)19-17-20-16-11(2)7-12(9-15(18)21)8-14(16)22-17/h3-8H,9H2,1-2H3,(H2,18,21)(H,19,20). The number of carbonyl (C=O) groups is 1. The number of rotatable bonds is 4. The summed E-state index contributed by atoms with van der Waals surface area (Å²) in [6, 6.07) is 12.1. The number of aryl methyl sites for hydroxylation is 2. The average molecular weight is 295 g/mol. The number of primary amides is 1. The molecule has 5 heteroatoms. The van der Waals surface area contributed by atoms with Crippen molar-refractivity contribution in [3.05, 3.63) is 53.1 Å². The molecule has 0 aliphatic carbocycles. The molecule has 112 valence electrons. The van der Waals surface area contributed by atoms with E-state index >= 15 is 0 Å². The third-order valence-electron chi connectivity index (χ3n) is 3.51. The average Bonchev–Trinajstić information content (AvgIpc) is 2.84. The van der Waals surface area contributed by atoms with Crippen molar-refractivity contribution in [1.82, 2.24) is 4.98 Å². The molecule has 0 radical (unpaired) electrons. The summed E-state index contributed by atoms with van der Waals surface area (Å²) in [6.45, 7) is 3.95. The van der Waals surface area contributed by atoms with Crippen LogP contribution < -0.4 is 11.1 Å². The summed E-state index contributed by atoms with van der Waals surface area (Å²) in [5.41, 5.74) is 10.5. The molecule has 1 aromatic heterocycles. The lowest BCUT2D eigenvalue weighted by atomic mass is 10.1. The lowest BCUT2D eigenvalue weighted by molar-refractivity contribution is -0.117. The fourth-order valence-corrected chi connectivity index (χ4v) is 2.45. The van der Waals surface area contributed by atoms with Gasteiger partial charge in [-0.05, 0) is 42.7 Å². The minimum Gasteiger partial charge on any atom is -0.423 e. The van der Waals surface area contributed by atoms with Crippen LogP contribution in [0.4, 0.5) is 11.7 Å². The van der Waals surface area contributed by atoms with Crippen LogP contribution in [0.1, 0.15) is 16.7 Å². The van der Waals surface area contributed by atoms with E-state index in [4.69, 9.17) is 10.2 Å². The molecule has 0 unspecified atom stereocenters. The summed E-state index contributed by atoms with van der Waals surface area (Å²) in [5.74, 6) is -0.364. The van der Waals surface area contributed by atoms with Gasteiger partial charge in [-0.3, -0.25) is 4.79 Å². The Morgan fingerprint density at radius 1 is 1.23 bits per heavy atom. The molecular weight excluding hydrogens is 278 g/mol. The number of aromatic nitrogens is 1. The molecule has 0 bridgehead atoms. The van der Waals surface area contributed by atoms with Crippen molar-refractivity contribution in [2.24, 2.45) is 5.73 Å². The van der Waals surface area contributed by atoms with Crippen LogP contribution in [0.3, 0.4) is 0 Å². The Labute approximate surface area is 128 Å². The number of fused-ring (bicyclic) bond motifs is 1. The Balaban J connectivity index is 1.97. The second kappa shape index (κ2) is 5.52. The van der Waals surface area contributed by atoms with Gasteiger partial charge in [0.15, 0.2) is 5.58 Å². The molecule has 1 heterocycles. The molecule has 0 saturated carbocycles. The summed E-state index contributed by atoms with van der Waals surface area (Å²) in [7, 11) is 0. The first-order valence-electron chi connectivity index (χ1n) is 7.04. The largest absolute Gasteiger partial charge is 0.423 e. The van der Waals surface area contributed by atoms with Crippen molar-refractivity contribution >= 4 is 28.7 Å². The van der Waals surface area contributed by atoms with Crippen molar-refractivity contribution in [2.75, 3.05) is 5.32 Å². The highest BCUT2D eigenvalue weighted by atomic mass is 16.4. The molecule has 0 spiro atoms. The summed E-state index contributed by atoms with van der Waals surface area (Å²) < 4.78 is 5.76. The zero-order valence-electron chi connectivity index (χ0n) is 12.5. The van der Waals surface area contributed by atoms with Gasteiger partial charge in [-0.1, -0.05) is 24.3 Å². The maximum atomic E-state index is 11.1. The molecule has 0 saturated heterocycles. The van der Waals surface area contributed by atoms with E-state index in [1.165, 1.54) is 0 Å². The fraction of sp³-hybridized carbons (Fsp3) is 0.176. The lowest BCUT2D eigenvalue weighted by Gasteiger charge is -2.04. The molecule has 0 atom stereocenters. The van der Waals surface area contributed by atoms with E-state index < -0.39 is 0 Å². The maximum absolute atomic E-state index is 11.1. The topological polar surface area (TPSA) is 81.1 Å². The number of nitrogens with zero attached hydrogens (tertiary/aromatic N) is 1. The van der Waals surface area contributed by atoms with Crippen molar-refractivity contribution in [3.63, 3.8) is 0 Å². The Hall–Kier alpha value is -2.82. The quantitative estimate of drug-likeness (QED) is 0.774. The first kappa shape index (κ1) is 14.1. The van der Waals surface area contributed by atoms with Gasteiger partial charge in [-0.25, -0.2) is 0 Å². The molecule has 22 heavy (non-hydrogen) atoms. The van der Waals surface area contributed by atoms with Gasteiger partial charge in [0.1, 0.15) is 5.52 Å². The molecule has 0 fully saturated rings. The van der Waals surface area contributed by atoms with Gasteiger partial charge >= 0.3 is 0 Å². The van der Waals surface area contributed by atoms with Gasteiger partial charge in [-0.15, -0.1) is 0 Å². The van der Waals surface area contributed by atoms with Crippen LogP contribution in [0.5, 0.6) is 0 Å². The van der Waals surface area contributed by atoms with E-state index in [1.54, 1.807) is 0 Å². The molecule has 5 nitrogen and oxygen atoms in total. The van der Waals surface area contributed by atoms with E-state index in [2.05, 4.69) is 10.3 Å². The summed E-state index contributed by atoms with van der Waals surface area (Å²) in [5, 5.41) is 3.18. The van der Waals surface area contributed by atoms with Crippen LogP contribution >= 0.6 is 0 Å². The minimum absolute atomic E-state index is 0.192. The molecule has 3 rings (SSSR count). The minimum atomic E-state index is -0.364. The Bertz CT molecular complexity index is 852. The molecule has 3 N–H and O–H groups in total. The number of amides is 1. The highest BCUT2D eigenvalue weighted by Crippen LogP contribution is 2.27. The van der Waals surface area contributed by atoms with Gasteiger partial charge in [0, 0.05) is 5.69 Å². The summed E-state index contributed by atoms with van der Waals surface area (Å²) in [4.78, 5) is 15.5. The van der Waals surface area contributed by atoms with Crippen LogP contribution in [0.15, 0.2) is 40.8 Å². The molecular formula is C17H17N3O2. The van der Waals surface area contributed by atoms with Gasteiger partial charge in [0.2, 0.25) is 5.91 Å². The van der Waals surface area contributed by atoms with E-state index in [0.717, 1.165) is 27.9 Å². The number of carbonyl (C=O) groups excluding carboxylic acids is 1. The first-order chi connectivity index (χ1) is 10.5. The van der Waals surface area contributed by atoms with Crippen LogP contribution in [-0.2, 0) is 11.2 Å². The van der Waals surface area contributed by atoms with E-state index in [1.807, 2.05) is 50.2 Å². The maximum Gasteiger partial charge on any atom is 0.300 e. The number of hydrogen-bond donors (Lipinski definition) is 2. The second-order valence-corrected chi connectivity index (χ2v) is 5.36. The van der Waals surface area contributed by atoms with E-state index in [0.29, 0.717) is 11.6 Å². The fourth-order valence-electron chi connectivity index (χ4n) is 2.45. The third kappa shape index (κ3) is 2.79. The van der Waals surface area contributed by atoms with E-state index in [-0.39, 0.29) is 12.3 Å². The molecule has 1 amide bonds. The van der Waals surface area contributed by atoms with Gasteiger partial charge in [-0.2, -0.15) is 4.98 Å². The normalized spacial score (nSPS) is 10.8. The molecule has 3 aromatic rings. The smallest absolute Gasteiger partial charge is 0.300 e. The lowest BCUT2D eigenvalue weighted by Crippen LogP contribution is -2.13. The third-order valence-corrected chi connectivity index (χ3v) is 3.51. The van der Waals surface area contributed by atoms with E-state index in [9.17, 15) is 4.79 Å². The van der Waals surface area contributed by atoms with Gasteiger partial charge < -0.3 is 15.5 Å². The predicted octanol–water partition coefficient (Wildman–Crippen LogP) is 3.22. The molecule has 2 aromatic carbocycles. The SMILES string of the molecule is Cc1ccccc1Nc1nc2c(C)cc(CC(N)=O)cc2o1. The van der Waals surface area contributed by atoms with Crippen LogP contribution in [0, 0.1) is 13.8 Å². The van der Waals surface area contributed by atoms with Crippen molar-refractivity contribution in [3.8, 4) is 0 Å². The number of nitrogens with one attached hydrogen (secondary N) is 1. The monoisotopic (exact) mass is 295 g/mol. The van der Waals surface area contributed by atoms with Crippen LogP contribution in [0.2, 0.25) is 0 Å². The number of anilines is 2. The summed E-state index contributed by atoms with van der Waals surface area (Å²) >= 11 is 0. The van der Waals surface area contributed by atoms with Gasteiger partial charge in [0.05, 0.1) is 6.42 Å². The zero-order valence-corrected chi connectivity index (χ0v) is 12.5. The Morgan fingerprint density at radius 2 is 2.00 bits per heavy atom. The van der Waals surface area contributed by atoms with Crippen molar-refractivity contribution in [2.45, 2.75) is 20.3 Å². The first-order valence-corrected chi connectivity index (χ1v) is 7.04. The number of nitrogens with two attached hydrogens (primary N) is 1. The van der Waals surface area contributed by atoms with Gasteiger partial charge in [0.25, 0.3) is 6.01 Å².